The van der Waals surface area contributed by atoms with Crippen molar-refractivity contribution in [1.82, 2.24) is 0 Å². The third-order valence-electron chi connectivity index (χ3n) is 1.35. The summed E-state index contributed by atoms with van der Waals surface area (Å²) in [5.74, 6) is -6.71. The zero-order valence-corrected chi connectivity index (χ0v) is 7.38. The largest absolute Gasteiger partial charge is 0.481 e. The number of hydrogen-bond acceptors (Lipinski definition) is 4. The molecule has 0 saturated heterocycles. The number of hydrogen-bond donors (Lipinski definition) is 4. The average Bonchev–Trinajstić information content (AvgIpc) is 1.97. The SMILES string of the molecule is O.O.O=C(O)CC(C(=O)O)C(O)C(=O)O. The minimum absolute atomic E-state index is 0. The lowest BCUT2D eigenvalue weighted by molar-refractivity contribution is -0.162. The first-order valence-corrected chi connectivity index (χ1v) is 3.21. The van der Waals surface area contributed by atoms with E-state index in [4.69, 9.17) is 20.4 Å². The van der Waals surface area contributed by atoms with Gasteiger partial charge in [-0.1, -0.05) is 0 Å². The number of aliphatic carboxylic acids is 3. The standard InChI is InChI=1S/C6H8O7.2H2O/c7-3(8)1-2(5(10)11)4(9)6(12)13;;/h2,4,9H,1H2,(H,7,8)(H,10,11)(H,12,13);2*1H2. The van der Waals surface area contributed by atoms with Crippen molar-refractivity contribution in [3.8, 4) is 0 Å². The Balaban J connectivity index is -0.000000720. The fourth-order valence-electron chi connectivity index (χ4n) is 0.694. The maximum Gasteiger partial charge on any atom is 0.333 e. The van der Waals surface area contributed by atoms with Crippen LogP contribution in [0.1, 0.15) is 6.42 Å². The Kier molecular flexibility index (Phi) is 9.70. The van der Waals surface area contributed by atoms with Crippen LogP contribution in [-0.2, 0) is 14.4 Å². The predicted molar refractivity (Wildman–Crippen MR) is 44.2 cm³/mol. The lowest BCUT2D eigenvalue weighted by Crippen LogP contribution is -2.36. The Hall–Kier alpha value is -1.71. The average molecular weight is 228 g/mol. The van der Waals surface area contributed by atoms with Crippen molar-refractivity contribution < 1.29 is 45.8 Å². The van der Waals surface area contributed by atoms with E-state index in [0.717, 1.165) is 0 Å². The van der Waals surface area contributed by atoms with Gasteiger partial charge in [-0.2, -0.15) is 0 Å². The van der Waals surface area contributed by atoms with Gasteiger partial charge in [-0.15, -0.1) is 0 Å². The zero-order valence-electron chi connectivity index (χ0n) is 7.38. The first-order valence-electron chi connectivity index (χ1n) is 3.21. The molecule has 2 unspecified atom stereocenters. The van der Waals surface area contributed by atoms with Gasteiger partial charge in [0, 0.05) is 0 Å². The summed E-state index contributed by atoms with van der Waals surface area (Å²) in [4.78, 5) is 30.5. The predicted octanol–water partition coefficient (Wildman–Crippen LogP) is -3.04. The lowest BCUT2D eigenvalue weighted by Gasteiger charge is -2.12. The number of rotatable bonds is 5. The molecule has 0 heterocycles. The monoisotopic (exact) mass is 228 g/mol. The number of carboxylic acids is 3. The highest BCUT2D eigenvalue weighted by Crippen LogP contribution is 2.09. The van der Waals surface area contributed by atoms with Crippen molar-refractivity contribution in [2.45, 2.75) is 12.5 Å². The summed E-state index contributed by atoms with van der Waals surface area (Å²) in [6, 6.07) is 0. The first-order chi connectivity index (χ1) is 5.86. The van der Waals surface area contributed by atoms with Gasteiger partial charge in [0.05, 0.1) is 6.42 Å². The van der Waals surface area contributed by atoms with Gasteiger partial charge < -0.3 is 31.4 Å². The molecule has 0 radical (unpaired) electrons. The number of aliphatic hydroxyl groups is 1. The number of carbonyl (C=O) groups is 3. The van der Waals surface area contributed by atoms with Gasteiger partial charge in [-0.05, 0) is 0 Å². The smallest absolute Gasteiger partial charge is 0.333 e. The Morgan fingerprint density at radius 3 is 1.53 bits per heavy atom. The first kappa shape index (κ1) is 19.0. The van der Waals surface area contributed by atoms with Crippen molar-refractivity contribution in [3.05, 3.63) is 0 Å². The highest BCUT2D eigenvalue weighted by molar-refractivity contribution is 5.85. The van der Waals surface area contributed by atoms with Gasteiger partial charge >= 0.3 is 17.9 Å². The van der Waals surface area contributed by atoms with E-state index >= 15 is 0 Å². The molecule has 0 fully saturated rings. The maximum atomic E-state index is 10.3. The summed E-state index contributed by atoms with van der Waals surface area (Å²) in [6.07, 6.45) is -3.13. The van der Waals surface area contributed by atoms with Crippen molar-refractivity contribution in [2.24, 2.45) is 5.92 Å². The lowest BCUT2D eigenvalue weighted by atomic mass is 9.99. The zero-order chi connectivity index (χ0) is 10.6. The molecule has 0 spiro atoms. The van der Waals surface area contributed by atoms with Crippen molar-refractivity contribution >= 4 is 17.9 Å². The molecule has 90 valence electrons. The molecular formula is C6H12O9. The van der Waals surface area contributed by atoms with E-state index in [1.165, 1.54) is 0 Å². The molecule has 0 aromatic rings. The topological polar surface area (TPSA) is 195 Å². The van der Waals surface area contributed by atoms with E-state index in [0.29, 0.717) is 0 Å². The van der Waals surface area contributed by atoms with Gasteiger partial charge in [0.15, 0.2) is 6.10 Å². The summed E-state index contributed by atoms with van der Waals surface area (Å²) < 4.78 is 0. The van der Waals surface area contributed by atoms with E-state index in [1.807, 2.05) is 0 Å². The molecule has 0 bridgehead atoms. The van der Waals surface area contributed by atoms with Crippen molar-refractivity contribution in [3.63, 3.8) is 0 Å². The summed E-state index contributed by atoms with van der Waals surface area (Å²) in [5.41, 5.74) is 0. The number of carboxylic acid groups (broad SMARTS) is 3. The summed E-state index contributed by atoms with van der Waals surface area (Å²) >= 11 is 0. The van der Waals surface area contributed by atoms with Crippen LogP contribution in [0.4, 0.5) is 0 Å². The van der Waals surface area contributed by atoms with Crippen molar-refractivity contribution in [2.75, 3.05) is 0 Å². The molecule has 0 aliphatic carbocycles. The molecular weight excluding hydrogens is 216 g/mol. The highest BCUT2D eigenvalue weighted by atomic mass is 16.4. The van der Waals surface area contributed by atoms with Crippen LogP contribution in [0.3, 0.4) is 0 Å². The summed E-state index contributed by atoms with van der Waals surface area (Å²) in [7, 11) is 0. The molecule has 0 amide bonds. The van der Waals surface area contributed by atoms with Gasteiger partial charge in [0.2, 0.25) is 0 Å². The van der Waals surface area contributed by atoms with Crippen molar-refractivity contribution in [1.29, 1.82) is 0 Å². The van der Waals surface area contributed by atoms with Crippen LogP contribution in [0, 0.1) is 5.92 Å². The fraction of sp³-hybridized carbons (Fsp3) is 0.500. The third kappa shape index (κ3) is 6.37. The minimum atomic E-state index is -2.20. The van der Waals surface area contributed by atoms with Gasteiger partial charge in [0.25, 0.3) is 0 Å². The third-order valence-corrected chi connectivity index (χ3v) is 1.35. The van der Waals surface area contributed by atoms with E-state index < -0.39 is 36.4 Å². The second kappa shape index (κ2) is 7.67. The van der Waals surface area contributed by atoms with E-state index in [-0.39, 0.29) is 11.0 Å². The highest BCUT2D eigenvalue weighted by Gasteiger charge is 2.33. The Labute approximate surface area is 83.2 Å². The molecule has 15 heavy (non-hydrogen) atoms. The van der Waals surface area contributed by atoms with Crippen LogP contribution in [-0.4, -0.2) is 55.4 Å². The van der Waals surface area contributed by atoms with Gasteiger partial charge in [-0.25, -0.2) is 4.79 Å². The van der Waals surface area contributed by atoms with Crippen LogP contribution < -0.4 is 0 Å². The molecule has 0 aliphatic heterocycles. The molecule has 8 N–H and O–H groups in total. The Morgan fingerprint density at radius 1 is 0.933 bits per heavy atom. The van der Waals surface area contributed by atoms with Gasteiger partial charge in [-0.3, -0.25) is 9.59 Å². The Morgan fingerprint density at radius 2 is 1.33 bits per heavy atom. The molecule has 0 aliphatic rings. The Bertz CT molecular complexity index is 235. The van der Waals surface area contributed by atoms with Crippen LogP contribution in [0.25, 0.3) is 0 Å². The molecule has 9 nitrogen and oxygen atoms in total. The second-order valence-corrected chi connectivity index (χ2v) is 2.33. The number of aliphatic hydroxyl groups excluding tert-OH is 1. The van der Waals surface area contributed by atoms with Crippen LogP contribution in [0.15, 0.2) is 0 Å². The second-order valence-electron chi connectivity index (χ2n) is 2.33. The maximum absolute atomic E-state index is 10.3. The van der Waals surface area contributed by atoms with E-state index in [1.54, 1.807) is 0 Å². The van der Waals surface area contributed by atoms with Crippen LogP contribution >= 0.6 is 0 Å². The molecule has 0 aromatic carbocycles. The van der Waals surface area contributed by atoms with E-state index in [9.17, 15) is 14.4 Å². The molecule has 2 atom stereocenters. The van der Waals surface area contributed by atoms with Crippen LogP contribution in [0.5, 0.6) is 0 Å². The normalized spacial score (nSPS) is 12.6. The quantitative estimate of drug-likeness (QED) is 0.383. The summed E-state index contributed by atoms with van der Waals surface area (Å²) in [5, 5.41) is 33.5. The molecule has 0 rings (SSSR count). The summed E-state index contributed by atoms with van der Waals surface area (Å²) in [6.45, 7) is 0. The van der Waals surface area contributed by atoms with Crippen LogP contribution in [0.2, 0.25) is 0 Å². The minimum Gasteiger partial charge on any atom is -0.481 e. The van der Waals surface area contributed by atoms with Gasteiger partial charge in [0.1, 0.15) is 5.92 Å². The molecule has 0 aromatic heterocycles. The van der Waals surface area contributed by atoms with E-state index in [2.05, 4.69) is 0 Å². The fourth-order valence-corrected chi connectivity index (χ4v) is 0.694. The molecule has 0 saturated carbocycles. The molecule has 9 heteroatoms.